The van der Waals surface area contributed by atoms with Crippen molar-refractivity contribution in [1.82, 2.24) is 5.32 Å². The molecule has 3 aromatic rings. The van der Waals surface area contributed by atoms with Gasteiger partial charge in [0, 0.05) is 18.0 Å². The van der Waals surface area contributed by atoms with Crippen LogP contribution in [0.3, 0.4) is 0 Å². The van der Waals surface area contributed by atoms with Crippen molar-refractivity contribution in [3.05, 3.63) is 75.6 Å². The topological polar surface area (TPSA) is 85.6 Å². The van der Waals surface area contributed by atoms with Gasteiger partial charge in [-0.15, -0.1) is 0 Å². The molecule has 1 amide bonds. The van der Waals surface area contributed by atoms with Crippen molar-refractivity contribution in [3.8, 4) is 5.75 Å². The fraction of sp³-hybridized carbons (Fsp3) is 0.150. The summed E-state index contributed by atoms with van der Waals surface area (Å²) < 4.78 is 10.6. The Morgan fingerprint density at radius 2 is 1.85 bits per heavy atom. The van der Waals surface area contributed by atoms with Crippen LogP contribution in [0, 0.1) is 6.92 Å². The van der Waals surface area contributed by atoms with Crippen molar-refractivity contribution < 1.29 is 18.7 Å². The van der Waals surface area contributed by atoms with E-state index in [0.29, 0.717) is 17.5 Å². The van der Waals surface area contributed by atoms with E-state index in [1.54, 1.807) is 31.2 Å². The maximum Gasteiger partial charge on any atom is 0.349 e. The van der Waals surface area contributed by atoms with Crippen LogP contribution >= 0.6 is 0 Å². The van der Waals surface area contributed by atoms with Gasteiger partial charge in [-0.1, -0.05) is 18.2 Å². The van der Waals surface area contributed by atoms with Crippen molar-refractivity contribution in [2.24, 2.45) is 0 Å². The second kappa shape index (κ2) is 7.23. The van der Waals surface area contributed by atoms with Crippen LogP contribution in [0.4, 0.5) is 0 Å². The molecule has 6 heteroatoms. The fourth-order valence-corrected chi connectivity index (χ4v) is 2.53. The summed E-state index contributed by atoms with van der Waals surface area (Å²) in [6.45, 7) is 3.98. The van der Waals surface area contributed by atoms with Gasteiger partial charge < -0.3 is 14.5 Å². The van der Waals surface area contributed by atoms with E-state index in [-0.39, 0.29) is 16.9 Å². The third-order valence-corrected chi connectivity index (χ3v) is 3.86. The van der Waals surface area contributed by atoms with Gasteiger partial charge in [-0.3, -0.25) is 4.79 Å². The number of hydrogen-bond acceptors (Lipinski definition) is 5. The standard InChI is InChI=1S/C20H17NO5/c1-3-21-18(22)16-10-13-8-9-14(11-17(13)26-20(16)24)25-19(23)15-7-5-4-6-12(15)2/h4-11H,3H2,1-2H3,(H,21,22). The molecule has 0 radical (unpaired) electrons. The van der Waals surface area contributed by atoms with Gasteiger partial charge in [0.1, 0.15) is 16.9 Å². The Kier molecular flexibility index (Phi) is 4.84. The average molecular weight is 351 g/mol. The van der Waals surface area contributed by atoms with E-state index in [0.717, 1.165) is 5.56 Å². The van der Waals surface area contributed by atoms with E-state index in [4.69, 9.17) is 9.15 Å². The molecule has 1 heterocycles. The summed E-state index contributed by atoms with van der Waals surface area (Å²) >= 11 is 0. The van der Waals surface area contributed by atoms with Gasteiger partial charge in [0.25, 0.3) is 5.91 Å². The molecule has 2 aromatic carbocycles. The molecule has 0 saturated heterocycles. The molecule has 0 bridgehead atoms. The van der Waals surface area contributed by atoms with E-state index in [1.165, 1.54) is 12.1 Å². The zero-order chi connectivity index (χ0) is 18.7. The van der Waals surface area contributed by atoms with Crippen LogP contribution in [0.2, 0.25) is 0 Å². The van der Waals surface area contributed by atoms with Gasteiger partial charge in [-0.25, -0.2) is 9.59 Å². The molecular formula is C20H17NO5. The number of aryl methyl sites for hydroxylation is 1. The normalized spacial score (nSPS) is 10.5. The molecule has 132 valence electrons. The molecular weight excluding hydrogens is 334 g/mol. The van der Waals surface area contributed by atoms with Gasteiger partial charge in [0.2, 0.25) is 0 Å². The lowest BCUT2D eigenvalue weighted by Crippen LogP contribution is -2.27. The van der Waals surface area contributed by atoms with E-state index in [2.05, 4.69) is 5.32 Å². The summed E-state index contributed by atoms with van der Waals surface area (Å²) in [6, 6.07) is 13.2. The first kappa shape index (κ1) is 17.4. The minimum absolute atomic E-state index is 0.0657. The predicted octanol–water partition coefficient (Wildman–Crippen LogP) is 3.07. The van der Waals surface area contributed by atoms with Crippen molar-refractivity contribution in [2.75, 3.05) is 6.54 Å². The van der Waals surface area contributed by atoms with Crippen LogP contribution in [0.25, 0.3) is 11.0 Å². The average Bonchev–Trinajstić information content (AvgIpc) is 2.61. The lowest BCUT2D eigenvalue weighted by molar-refractivity contribution is 0.0734. The number of amides is 1. The van der Waals surface area contributed by atoms with Gasteiger partial charge in [0.05, 0.1) is 5.56 Å². The summed E-state index contributed by atoms with van der Waals surface area (Å²) in [4.78, 5) is 36.2. The second-order valence-electron chi connectivity index (χ2n) is 5.71. The van der Waals surface area contributed by atoms with E-state index >= 15 is 0 Å². The first-order valence-corrected chi connectivity index (χ1v) is 8.13. The van der Waals surface area contributed by atoms with Gasteiger partial charge >= 0.3 is 11.6 Å². The van der Waals surface area contributed by atoms with Gasteiger partial charge in [0.15, 0.2) is 0 Å². The van der Waals surface area contributed by atoms with E-state index in [1.807, 2.05) is 19.1 Å². The number of ether oxygens (including phenoxy) is 1. The number of fused-ring (bicyclic) bond motifs is 1. The largest absolute Gasteiger partial charge is 0.423 e. The molecule has 0 aliphatic rings. The molecule has 0 aliphatic carbocycles. The first-order valence-electron chi connectivity index (χ1n) is 8.13. The van der Waals surface area contributed by atoms with Crippen LogP contribution in [-0.2, 0) is 0 Å². The molecule has 0 fully saturated rings. The maximum absolute atomic E-state index is 12.3. The van der Waals surface area contributed by atoms with E-state index in [9.17, 15) is 14.4 Å². The molecule has 26 heavy (non-hydrogen) atoms. The summed E-state index contributed by atoms with van der Waals surface area (Å²) in [6.07, 6.45) is 0. The second-order valence-corrected chi connectivity index (χ2v) is 5.71. The molecule has 3 rings (SSSR count). The minimum Gasteiger partial charge on any atom is -0.423 e. The van der Waals surface area contributed by atoms with Crippen molar-refractivity contribution in [1.29, 1.82) is 0 Å². The molecule has 0 aliphatic heterocycles. The number of benzene rings is 2. The third-order valence-electron chi connectivity index (χ3n) is 3.86. The molecule has 0 atom stereocenters. The number of rotatable bonds is 4. The zero-order valence-corrected chi connectivity index (χ0v) is 14.4. The highest BCUT2D eigenvalue weighted by Crippen LogP contribution is 2.22. The summed E-state index contributed by atoms with van der Waals surface area (Å²) in [5, 5.41) is 3.12. The predicted molar refractivity (Wildman–Crippen MR) is 96.6 cm³/mol. The van der Waals surface area contributed by atoms with Crippen LogP contribution in [0.1, 0.15) is 33.2 Å². The van der Waals surface area contributed by atoms with Gasteiger partial charge in [-0.2, -0.15) is 0 Å². The number of esters is 1. The quantitative estimate of drug-likeness (QED) is 0.443. The fourth-order valence-electron chi connectivity index (χ4n) is 2.53. The number of carbonyl (C=O) groups is 2. The zero-order valence-electron chi connectivity index (χ0n) is 14.4. The Balaban J connectivity index is 1.91. The van der Waals surface area contributed by atoms with Crippen molar-refractivity contribution in [3.63, 3.8) is 0 Å². The Hall–Kier alpha value is -3.41. The van der Waals surface area contributed by atoms with Gasteiger partial charge in [-0.05, 0) is 43.7 Å². The highest BCUT2D eigenvalue weighted by atomic mass is 16.5. The molecule has 0 spiro atoms. The minimum atomic E-state index is -0.745. The van der Waals surface area contributed by atoms with E-state index < -0.39 is 17.5 Å². The highest BCUT2D eigenvalue weighted by Gasteiger charge is 2.15. The summed E-state index contributed by atoms with van der Waals surface area (Å²) in [5.41, 5.74) is 0.685. The van der Waals surface area contributed by atoms with Crippen LogP contribution in [0.15, 0.2) is 57.7 Å². The highest BCUT2D eigenvalue weighted by molar-refractivity contribution is 5.97. The Labute approximate surface area is 149 Å². The Morgan fingerprint density at radius 3 is 2.58 bits per heavy atom. The molecule has 0 unspecified atom stereocenters. The lowest BCUT2D eigenvalue weighted by Gasteiger charge is -2.07. The van der Waals surface area contributed by atoms with Crippen LogP contribution in [0.5, 0.6) is 5.75 Å². The Bertz CT molecular complexity index is 1050. The van der Waals surface area contributed by atoms with Crippen molar-refractivity contribution in [2.45, 2.75) is 13.8 Å². The summed E-state index contributed by atoms with van der Waals surface area (Å²) in [5.74, 6) is -0.735. The molecule has 1 aromatic heterocycles. The number of nitrogens with one attached hydrogen (secondary N) is 1. The SMILES string of the molecule is CCNC(=O)c1cc2ccc(OC(=O)c3ccccc3C)cc2oc1=O. The molecule has 1 N–H and O–H groups in total. The first-order chi connectivity index (χ1) is 12.5. The lowest BCUT2D eigenvalue weighted by atomic mass is 10.1. The van der Waals surface area contributed by atoms with Crippen LogP contribution in [-0.4, -0.2) is 18.4 Å². The molecule has 6 nitrogen and oxygen atoms in total. The number of carbonyl (C=O) groups excluding carboxylic acids is 2. The smallest absolute Gasteiger partial charge is 0.349 e. The summed E-state index contributed by atoms with van der Waals surface area (Å²) in [7, 11) is 0. The van der Waals surface area contributed by atoms with Crippen LogP contribution < -0.4 is 15.7 Å². The maximum atomic E-state index is 12.3. The molecule has 0 saturated carbocycles. The Morgan fingerprint density at radius 1 is 1.08 bits per heavy atom. The third kappa shape index (κ3) is 3.49. The monoisotopic (exact) mass is 351 g/mol. The number of hydrogen-bond donors (Lipinski definition) is 1. The van der Waals surface area contributed by atoms with Crippen molar-refractivity contribution >= 4 is 22.8 Å².